The standard InChI is InChI=1S/C13H21NO2/c1-13(2,3)11-8-6-7-10(12(11)15)9-14(4,5)16/h6-8,15H,9H2,1-5H3. The highest BCUT2D eigenvalue weighted by Gasteiger charge is 2.21. The molecule has 1 aromatic rings. The Bertz CT molecular complexity index is 372. The number of hydrogen-bond acceptors (Lipinski definition) is 2. The first-order valence-corrected chi connectivity index (χ1v) is 5.46. The first kappa shape index (κ1) is 13.0. The Morgan fingerprint density at radius 1 is 1.25 bits per heavy atom. The van der Waals surface area contributed by atoms with Crippen LogP contribution in [0.25, 0.3) is 0 Å². The zero-order valence-electron chi connectivity index (χ0n) is 10.7. The molecule has 1 aromatic carbocycles. The Morgan fingerprint density at radius 2 is 1.81 bits per heavy atom. The van der Waals surface area contributed by atoms with Crippen LogP contribution in [0.2, 0.25) is 0 Å². The van der Waals surface area contributed by atoms with E-state index in [0.29, 0.717) is 5.56 Å². The van der Waals surface area contributed by atoms with Gasteiger partial charge in [0.25, 0.3) is 0 Å². The summed E-state index contributed by atoms with van der Waals surface area (Å²) in [4.78, 5) is 0. The summed E-state index contributed by atoms with van der Waals surface area (Å²) in [5.74, 6) is 0.261. The van der Waals surface area contributed by atoms with Gasteiger partial charge in [0.15, 0.2) is 0 Å². The van der Waals surface area contributed by atoms with Crippen LogP contribution in [0, 0.1) is 5.21 Å². The van der Waals surface area contributed by atoms with Gasteiger partial charge in [0.2, 0.25) is 0 Å². The van der Waals surface area contributed by atoms with Crippen molar-refractivity contribution in [2.75, 3.05) is 14.1 Å². The van der Waals surface area contributed by atoms with Gasteiger partial charge in [0.1, 0.15) is 12.3 Å². The van der Waals surface area contributed by atoms with Crippen LogP contribution in [-0.2, 0) is 12.0 Å². The van der Waals surface area contributed by atoms with Crippen LogP contribution in [0.5, 0.6) is 5.75 Å². The lowest BCUT2D eigenvalue weighted by molar-refractivity contribution is -0.853. The molecule has 0 saturated carbocycles. The van der Waals surface area contributed by atoms with E-state index in [1.54, 1.807) is 14.1 Å². The van der Waals surface area contributed by atoms with E-state index in [9.17, 15) is 10.3 Å². The van der Waals surface area contributed by atoms with Crippen LogP contribution in [0.15, 0.2) is 18.2 Å². The first-order chi connectivity index (χ1) is 7.11. The van der Waals surface area contributed by atoms with Crippen molar-refractivity contribution >= 4 is 0 Å². The summed E-state index contributed by atoms with van der Waals surface area (Å²) in [6.07, 6.45) is 0. The number of benzene rings is 1. The van der Waals surface area contributed by atoms with Crippen LogP contribution in [0.3, 0.4) is 0 Å². The quantitative estimate of drug-likeness (QED) is 0.619. The monoisotopic (exact) mass is 223 g/mol. The number of hydroxylamine groups is 3. The van der Waals surface area contributed by atoms with Crippen LogP contribution >= 0.6 is 0 Å². The number of para-hydroxylation sites is 1. The van der Waals surface area contributed by atoms with E-state index in [2.05, 4.69) is 0 Å². The summed E-state index contributed by atoms with van der Waals surface area (Å²) in [5.41, 5.74) is 1.49. The summed E-state index contributed by atoms with van der Waals surface area (Å²) in [6.45, 7) is 6.42. The van der Waals surface area contributed by atoms with Gasteiger partial charge in [-0.05, 0) is 17.0 Å². The lowest BCUT2D eigenvalue weighted by Gasteiger charge is -2.34. The topological polar surface area (TPSA) is 43.3 Å². The van der Waals surface area contributed by atoms with Crippen LogP contribution in [0.1, 0.15) is 31.9 Å². The number of phenolic OH excluding ortho intramolecular Hbond substituents is 1. The Morgan fingerprint density at radius 3 is 2.25 bits per heavy atom. The van der Waals surface area contributed by atoms with Crippen molar-refractivity contribution < 1.29 is 9.75 Å². The number of nitrogens with zero attached hydrogens (tertiary/aromatic N) is 1. The Kier molecular flexibility index (Phi) is 3.31. The van der Waals surface area contributed by atoms with Gasteiger partial charge < -0.3 is 15.0 Å². The number of phenols is 1. The number of hydrogen-bond donors (Lipinski definition) is 1. The van der Waals surface area contributed by atoms with E-state index in [1.807, 2.05) is 39.0 Å². The summed E-state index contributed by atoms with van der Waals surface area (Å²) in [7, 11) is 3.15. The van der Waals surface area contributed by atoms with Gasteiger partial charge in [-0.1, -0.05) is 32.9 Å². The largest absolute Gasteiger partial charge is 0.633 e. The second-order valence-electron chi connectivity index (χ2n) is 5.80. The predicted molar refractivity (Wildman–Crippen MR) is 66.0 cm³/mol. The van der Waals surface area contributed by atoms with E-state index < -0.39 is 4.65 Å². The van der Waals surface area contributed by atoms with E-state index in [1.165, 1.54) is 0 Å². The third-order valence-corrected chi connectivity index (χ3v) is 2.48. The van der Waals surface area contributed by atoms with E-state index in [4.69, 9.17) is 0 Å². The summed E-state index contributed by atoms with van der Waals surface area (Å²) in [5, 5.41) is 21.8. The van der Waals surface area contributed by atoms with E-state index in [-0.39, 0.29) is 17.7 Å². The maximum Gasteiger partial charge on any atom is 0.128 e. The molecular formula is C13H21NO2. The number of quaternary nitrogens is 1. The molecule has 1 N–H and O–H groups in total. The highest BCUT2D eigenvalue weighted by Crippen LogP contribution is 2.33. The van der Waals surface area contributed by atoms with Crippen LogP contribution < -0.4 is 0 Å². The van der Waals surface area contributed by atoms with Crippen molar-refractivity contribution in [1.29, 1.82) is 0 Å². The minimum atomic E-state index is -0.429. The maximum absolute atomic E-state index is 11.6. The van der Waals surface area contributed by atoms with Crippen LogP contribution in [0.4, 0.5) is 0 Å². The molecule has 1 rings (SSSR count). The van der Waals surface area contributed by atoms with Crippen molar-refractivity contribution in [2.24, 2.45) is 0 Å². The predicted octanol–water partition coefficient (Wildman–Crippen LogP) is 2.76. The van der Waals surface area contributed by atoms with Gasteiger partial charge >= 0.3 is 0 Å². The first-order valence-electron chi connectivity index (χ1n) is 5.46. The molecule has 90 valence electrons. The molecule has 0 bridgehead atoms. The third kappa shape index (κ3) is 3.22. The molecule has 0 aliphatic heterocycles. The molecule has 16 heavy (non-hydrogen) atoms. The average Bonchev–Trinajstić information content (AvgIpc) is 2.04. The van der Waals surface area contributed by atoms with Crippen molar-refractivity contribution in [2.45, 2.75) is 32.7 Å². The minimum Gasteiger partial charge on any atom is -0.633 e. The lowest BCUT2D eigenvalue weighted by Crippen LogP contribution is -2.31. The van der Waals surface area contributed by atoms with Gasteiger partial charge in [0.05, 0.1) is 14.1 Å². The van der Waals surface area contributed by atoms with E-state index >= 15 is 0 Å². The van der Waals surface area contributed by atoms with Crippen molar-refractivity contribution in [3.05, 3.63) is 34.5 Å². The van der Waals surface area contributed by atoms with Crippen molar-refractivity contribution in [3.63, 3.8) is 0 Å². The molecule has 0 spiro atoms. The molecule has 0 aromatic heterocycles. The lowest BCUT2D eigenvalue weighted by atomic mass is 9.85. The fraction of sp³-hybridized carbons (Fsp3) is 0.538. The minimum absolute atomic E-state index is 0.111. The Balaban J connectivity index is 3.15. The molecule has 0 saturated heterocycles. The molecule has 0 unspecified atom stereocenters. The Labute approximate surface area is 97.5 Å². The zero-order chi connectivity index (χ0) is 12.6. The molecule has 0 radical (unpaired) electrons. The SMILES string of the molecule is CC(C)(C)c1cccc(C[N+](C)(C)[O-])c1O. The van der Waals surface area contributed by atoms with Gasteiger partial charge in [-0.25, -0.2) is 0 Å². The number of aromatic hydroxyl groups is 1. The van der Waals surface area contributed by atoms with Gasteiger partial charge in [-0.3, -0.25) is 0 Å². The van der Waals surface area contributed by atoms with Gasteiger partial charge in [-0.15, -0.1) is 0 Å². The zero-order valence-corrected chi connectivity index (χ0v) is 10.7. The normalized spacial score (nSPS) is 12.9. The van der Waals surface area contributed by atoms with Crippen LogP contribution in [-0.4, -0.2) is 23.8 Å². The second kappa shape index (κ2) is 4.07. The smallest absolute Gasteiger partial charge is 0.128 e. The van der Waals surface area contributed by atoms with E-state index in [0.717, 1.165) is 5.56 Å². The molecule has 0 atom stereocenters. The third-order valence-electron chi connectivity index (χ3n) is 2.48. The molecule has 0 fully saturated rings. The maximum atomic E-state index is 11.6. The summed E-state index contributed by atoms with van der Waals surface area (Å²) in [6, 6.07) is 5.61. The average molecular weight is 223 g/mol. The highest BCUT2D eigenvalue weighted by molar-refractivity contribution is 5.43. The Hall–Kier alpha value is -1.06. The molecule has 0 amide bonds. The summed E-state index contributed by atoms with van der Waals surface area (Å²) < 4.78 is -0.429. The molecule has 0 aliphatic rings. The second-order valence-corrected chi connectivity index (χ2v) is 5.80. The molecular weight excluding hydrogens is 202 g/mol. The molecule has 0 heterocycles. The molecule has 0 aliphatic carbocycles. The molecule has 3 nitrogen and oxygen atoms in total. The number of rotatable bonds is 2. The summed E-state index contributed by atoms with van der Waals surface area (Å²) >= 11 is 0. The van der Waals surface area contributed by atoms with Crippen molar-refractivity contribution in [3.8, 4) is 5.75 Å². The fourth-order valence-electron chi connectivity index (χ4n) is 1.73. The van der Waals surface area contributed by atoms with Crippen molar-refractivity contribution in [1.82, 2.24) is 0 Å². The van der Waals surface area contributed by atoms with Gasteiger partial charge in [0, 0.05) is 5.56 Å². The molecule has 3 heteroatoms. The fourth-order valence-corrected chi connectivity index (χ4v) is 1.73. The highest BCUT2D eigenvalue weighted by atomic mass is 16.5. The van der Waals surface area contributed by atoms with Gasteiger partial charge in [-0.2, -0.15) is 0 Å².